The molecular weight excluding hydrogens is 532 g/mol. The molecule has 37 heavy (non-hydrogen) atoms. The molecule has 2 saturated heterocycles. The fraction of sp³-hybridized carbons (Fsp3) is 0.370. The topological polar surface area (TPSA) is 86.8 Å². The number of hydrogen-bond acceptors (Lipinski definition) is 8. The molecule has 0 spiro atoms. The SMILES string of the molecule is CC1(C)OCC(CCOc2cccc(C3(c4ccsc4)CC(=O)C(Sc4ccccc4Cl)C(=O)N3)n2)O1. The zero-order valence-corrected chi connectivity index (χ0v) is 22.8. The van der Waals surface area contributed by atoms with Gasteiger partial charge in [0.05, 0.1) is 30.0 Å². The Kier molecular flexibility index (Phi) is 7.60. The van der Waals surface area contributed by atoms with Gasteiger partial charge in [-0.05, 0) is 54.4 Å². The Morgan fingerprint density at radius 2 is 2.03 bits per heavy atom. The molecule has 4 heterocycles. The van der Waals surface area contributed by atoms with E-state index in [1.807, 2.05) is 54.9 Å². The summed E-state index contributed by atoms with van der Waals surface area (Å²) >= 11 is 8.95. The molecule has 1 N–H and O–H groups in total. The van der Waals surface area contributed by atoms with Gasteiger partial charge in [0.1, 0.15) is 10.8 Å². The van der Waals surface area contributed by atoms with Crippen LogP contribution in [0.5, 0.6) is 5.88 Å². The first-order chi connectivity index (χ1) is 17.8. The Morgan fingerprint density at radius 1 is 1.19 bits per heavy atom. The first-order valence-corrected chi connectivity index (χ1v) is 14.2. The van der Waals surface area contributed by atoms with Crippen molar-refractivity contribution >= 4 is 46.4 Å². The minimum absolute atomic E-state index is 0.0434. The maximum atomic E-state index is 13.5. The monoisotopic (exact) mass is 558 g/mol. The number of nitrogens with one attached hydrogen (secondary N) is 1. The van der Waals surface area contributed by atoms with Crippen molar-refractivity contribution in [2.24, 2.45) is 0 Å². The second kappa shape index (κ2) is 10.7. The number of rotatable bonds is 8. The van der Waals surface area contributed by atoms with E-state index in [0.29, 0.717) is 41.1 Å². The number of carbonyl (C=O) groups excluding carboxylic acids is 2. The highest BCUT2D eigenvalue weighted by Crippen LogP contribution is 2.41. The van der Waals surface area contributed by atoms with Crippen LogP contribution in [-0.2, 0) is 24.6 Å². The van der Waals surface area contributed by atoms with Gasteiger partial charge >= 0.3 is 0 Å². The molecule has 0 bridgehead atoms. The van der Waals surface area contributed by atoms with E-state index in [1.165, 1.54) is 23.1 Å². The molecule has 0 saturated carbocycles. The number of piperidine rings is 1. The first kappa shape index (κ1) is 26.2. The summed E-state index contributed by atoms with van der Waals surface area (Å²) in [5, 5.41) is 6.60. The third-order valence-electron chi connectivity index (χ3n) is 6.32. The number of pyridine rings is 1. The Hall–Kier alpha value is -2.43. The van der Waals surface area contributed by atoms with E-state index in [2.05, 4.69) is 5.32 Å². The number of ketones is 1. The van der Waals surface area contributed by atoms with E-state index >= 15 is 0 Å². The number of thioether (sulfide) groups is 1. The van der Waals surface area contributed by atoms with Crippen LogP contribution in [-0.4, -0.2) is 47.0 Å². The van der Waals surface area contributed by atoms with E-state index in [9.17, 15) is 9.59 Å². The van der Waals surface area contributed by atoms with Crippen LogP contribution in [0.3, 0.4) is 0 Å². The minimum atomic E-state index is -1.09. The summed E-state index contributed by atoms with van der Waals surface area (Å²) < 4.78 is 17.4. The molecule has 3 aromatic rings. The fourth-order valence-electron chi connectivity index (χ4n) is 4.52. The van der Waals surface area contributed by atoms with Gasteiger partial charge in [0, 0.05) is 23.8 Å². The Balaban J connectivity index is 1.35. The smallest absolute Gasteiger partial charge is 0.242 e. The predicted octanol–water partition coefficient (Wildman–Crippen LogP) is 5.21. The largest absolute Gasteiger partial charge is 0.478 e. The summed E-state index contributed by atoms with van der Waals surface area (Å²) in [6.07, 6.45) is 0.676. The maximum absolute atomic E-state index is 13.5. The Labute approximate surface area is 228 Å². The lowest BCUT2D eigenvalue weighted by atomic mass is 9.79. The van der Waals surface area contributed by atoms with Crippen molar-refractivity contribution in [2.75, 3.05) is 13.2 Å². The van der Waals surface area contributed by atoms with Gasteiger partial charge in [-0.15, -0.1) is 11.8 Å². The van der Waals surface area contributed by atoms with Crippen LogP contribution < -0.4 is 10.1 Å². The van der Waals surface area contributed by atoms with E-state index in [-0.39, 0.29) is 24.2 Å². The van der Waals surface area contributed by atoms with Gasteiger partial charge in [-0.1, -0.05) is 29.8 Å². The van der Waals surface area contributed by atoms with Crippen molar-refractivity contribution in [1.29, 1.82) is 0 Å². The van der Waals surface area contributed by atoms with Crippen molar-refractivity contribution in [3.05, 3.63) is 75.6 Å². The van der Waals surface area contributed by atoms with E-state index in [0.717, 1.165) is 5.56 Å². The van der Waals surface area contributed by atoms with Crippen molar-refractivity contribution < 1.29 is 23.8 Å². The van der Waals surface area contributed by atoms with Crippen LogP contribution in [0.15, 0.2) is 64.2 Å². The van der Waals surface area contributed by atoms with Gasteiger partial charge in [-0.2, -0.15) is 11.3 Å². The van der Waals surface area contributed by atoms with Gasteiger partial charge in [-0.3, -0.25) is 9.59 Å². The number of aromatic nitrogens is 1. The molecule has 0 radical (unpaired) electrons. The second-order valence-corrected chi connectivity index (χ2v) is 11.8. The molecule has 3 unspecified atom stereocenters. The molecular formula is C27H27ClN2O5S2. The zero-order valence-electron chi connectivity index (χ0n) is 20.4. The summed E-state index contributed by atoms with van der Waals surface area (Å²) in [4.78, 5) is 32.3. The molecule has 194 valence electrons. The summed E-state index contributed by atoms with van der Waals surface area (Å²) in [5.74, 6) is -0.723. The Morgan fingerprint density at radius 3 is 2.73 bits per heavy atom. The van der Waals surface area contributed by atoms with Gasteiger partial charge < -0.3 is 19.5 Å². The van der Waals surface area contributed by atoms with Gasteiger partial charge in [-0.25, -0.2) is 4.98 Å². The summed E-state index contributed by atoms with van der Waals surface area (Å²) in [5.41, 5.74) is 0.272. The molecule has 2 aliphatic heterocycles. The van der Waals surface area contributed by atoms with E-state index in [4.69, 9.17) is 30.8 Å². The first-order valence-electron chi connectivity index (χ1n) is 12.0. The molecule has 1 aromatic carbocycles. The number of hydrogen-bond donors (Lipinski definition) is 1. The number of benzene rings is 1. The number of ether oxygens (including phenoxy) is 3. The van der Waals surface area contributed by atoms with Crippen LogP contribution in [0, 0.1) is 0 Å². The van der Waals surface area contributed by atoms with E-state index < -0.39 is 16.6 Å². The van der Waals surface area contributed by atoms with Crippen molar-refractivity contribution in [2.45, 2.75) is 54.3 Å². The van der Waals surface area contributed by atoms with Crippen molar-refractivity contribution in [1.82, 2.24) is 10.3 Å². The summed E-state index contributed by atoms with van der Waals surface area (Å²) in [6.45, 7) is 4.69. The number of nitrogens with zero attached hydrogens (tertiary/aromatic N) is 1. The molecule has 2 aromatic heterocycles. The van der Waals surface area contributed by atoms with Gasteiger partial charge in [0.2, 0.25) is 11.8 Å². The molecule has 5 rings (SSSR count). The molecule has 0 aliphatic carbocycles. The number of halogens is 1. The third-order valence-corrected chi connectivity index (χ3v) is 8.77. The van der Waals surface area contributed by atoms with Crippen molar-refractivity contribution in [3.8, 4) is 5.88 Å². The number of thiophene rings is 1. The lowest BCUT2D eigenvalue weighted by Gasteiger charge is -2.39. The Bertz CT molecular complexity index is 1270. The normalized spacial score (nSPS) is 25.2. The average molecular weight is 559 g/mol. The standard InChI is InChI=1S/C27H27ClN2O5S2/c1-26(2)34-15-18(35-26)10-12-33-23-9-5-8-22(29-23)27(17-11-13-36-16-17)14-20(31)24(25(32)30-27)37-21-7-4-3-6-19(21)28/h3-9,11,13,16,18,24H,10,12,14-15H2,1-2H3,(H,30,32). The van der Waals surface area contributed by atoms with Crippen LogP contribution in [0.25, 0.3) is 0 Å². The number of amides is 1. The fourth-order valence-corrected chi connectivity index (χ4v) is 6.50. The zero-order chi connectivity index (χ0) is 26.0. The van der Waals surface area contributed by atoms with Gasteiger partial charge in [0.25, 0.3) is 0 Å². The minimum Gasteiger partial charge on any atom is -0.478 e. The number of Topliss-reactive ketones (excluding diaryl/α,β-unsaturated/α-hetero) is 1. The second-order valence-electron chi connectivity index (χ2n) is 9.43. The van der Waals surface area contributed by atoms with Crippen LogP contribution in [0.1, 0.15) is 37.9 Å². The molecule has 2 fully saturated rings. The highest BCUT2D eigenvalue weighted by molar-refractivity contribution is 8.01. The predicted molar refractivity (Wildman–Crippen MR) is 143 cm³/mol. The highest BCUT2D eigenvalue weighted by atomic mass is 35.5. The lowest BCUT2D eigenvalue weighted by Crippen LogP contribution is -2.58. The molecule has 10 heteroatoms. The molecule has 1 amide bonds. The van der Waals surface area contributed by atoms with Crippen LogP contribution in [0.2, 0.25) is 5.02 Å². The molecule has 3 atom stereocenters. The molecule has 7 nitrogen and oxygen atoms in total. The van der Waals surface area contributed by atoms with Crippen LogP contribution in [0.4, 0.5) is 0 Å². The van der Waals surface area contributed by atoms with Gasteiger partial charge in [0.15, 0.2) is 11.6 Å². The highest BCUT2D eigenvalue weighted by Gasteiger charge is 2.48. The lowest BCUT2D eigenvalue weighted by molar-refractivity contribution is -0.139. The third kappa shape index (κ3) is 5.71. The quantitative estimate of drug-likeness (QED) is 0.380. The van der Waals surface area contributed by atoms with Crippen molar-refractivity contribution in [3.63, 3.8) is 0 Å². The summed E-state index contributed by atoms with van der Waals surface area (Å²) in [6, 6.07) is 14.5. The maximum Gasteiger partial charge on any atom is 0.242 e. The number of carbonyl (C=O) groups is 2. The summed E-state index contributed by atoms with van der Waals surface area (Å²) in [7, 11) is 0. The molecule has 2 aliphatic rings. The van der Waals surface area contributed by atoms with Crippen LogP contribution >= 0.6 is 34.7 Å². The average Bonchev–Trinajstić information content (AvgIpc) is 3.53. The van der Waals surface area contributed by atoms with E-state index in [1.54, 1.807) is 18.2 Å².